The summed E-state index contributed by atoms with van der Waals surface area (Å²) in [6.45, 7) is 0. The van der Waals surface area contributed by atoms with E-state index in [1.807, 2.05) is 0 Å². The molecule has 0 saturated heterocycles. The number of amides is 1. The minimum absolute atomic E-state index is 0.293. The number of anilines is 3. The summed E-state index contributed by atoms with van der Waals surface area (Å²) in [5.41, 5.74) is 2.08. The van der Waals surface area contributed by atoms with Crippen molar-refractivity contribution < 1.29 is 9.53 Å². The molecule has 26 heavy (non-hydrogen) atoms. The predicted molar refractivity (Wildman–Crippen MR) is 99.6 cm³/mol. The number of nitrogens with zero attached hydrogens (tertiary/aromatic N) is 3. The minimum Gasteiger partial charge on any atom is -0.497 e. The Hall–Kier alpha value is -3.74. The normalized spacial score (nSPS) is 10.0. The van der Waals surface area contributed by atoms with Gasteiger partial charge in [-0.25, -0.2) is 0 Å². The molecule has 1 amide bonds. The highest BCUT2D eigenvalue weighted by molar-refractivity contribution is 6.04. The quantitative estimate of drug-likeness (QED) is 0.534. The van der Waals surface area contributed by atoms with Gasteiger partial charge in [-0.05, 0) is 54.6 Å². The van der Waals surface area contributed by atoms with Crippen molar-refractivity contribution >= 4 is 23.0 Å². The number of carbonyl (C=O) groups excluding carboxylic acids is 1. The monoisotopic (exact) mass is 348 g/mol. The van der Waals surface area contributed by atoms with Gasteiger partial charge in [0.05, 0.1) is 23.8 Å². The Labute approximate surface area is 150 Å². The number of carbonyl (C=O) groups is 1. The van der Waals surface area contributed by atoms with Gasteiger partial charge in [0.15, 0.2) is 0 Å². The number of aromatic nitrogens is 1. The van der Waals surface area contributed by atoms with E-state index < -0.39 is 0 Å². The molecule has 0 atom stereocenters. The van der Waals surface area contributed by atoms with Gasteiger partial charge in [-0.2, -0.15) is 5.01 Å². The Morgan fingerprint density at radius 2 is 1.77 bits per heavy atom. The molecule has 3 rings (SSSR count). The number of hydrogen-bond acceptors (Lipinski definition) is 5. The van der Waals surface area contributed by atoms with Crippen LogP contribution in [0.1, 0.15) is 10.4 Å². The van der Waals surface area contributed by atoms with Gasteiger partial charge < -0.3 is 10.1 Å². The molecular formula is C19H16N4O3. The maximum atomic E-state index is 12.4. The smallest absolute Gasteiger partial charge is 0.255 e. The lowest BCUT2D eigenvalue weighted by Crippen LogP contribution is -2.13. The fourth-order valence-electron chi connectivity index (χ4n) is 2.38. The van der Waals surface area contributed by atoms with Gasteiger partial charge in [-0.15, -0.1) is 4.91 Å². The number of methoxy groups -OCH3 is 1. The van der Waals surface area contributed by atoms with E-state index in [2.05, 4.69) is 15.6 Å². The molecule has 1 heterocycles. The summed E-state index contributed by atoms with van der Waals surface area (Å²) >= 11 is 0. The molecule has 0 radical (unpaired) electrons. The average molecular weight is 348 g/mol. The summed E-state index contributed by atoms with van der Waals surface area (Å²) in [7, 11) is 1.57. The first-order valence-electron chi connectivity index (χ1n) is 7.80. The molecule has 1 aromatic heterocycles. The lowest BCUT2D eigenvalue weighted by atomic mass is 10.1. The van der Waals surface area contributed by atoms with E-state index in [1.165, 1.54) is 5.01 Å². The summed E-state index contributed by atoms with van der Waals surface area (Å²) in [4.78, 5) is 27.7. The lowest BCUT2D eigenvalue weighted by molar-refractivity contribution is 0.102. The maximum Gasteiger partial charge on any atom is 0.255 e. The van der Waals surface area contributed by atoms with Gasteiger partial charge in [0, 0.05) is 23.6 Å². The first-order chi connectivity index (χ1) is 12.7. The van der Waals surface area contributed by atoms with Crippen LogP contribution in [-0.4, -0.2) is 18.0 Å². The number of ether oxygens (including phenoxy) is 1. The molecule has 3 aromatic rings. The van der Waals surface area contributed by atoms with Crippen molar-refractivity contribution in [3.63, 3.8) is 0 Å². The fourth-order valence-corrected chi connectivity index (χ4v) is 2.38. The van der Waals surface area contributed by atoms with Gasteiger partial charge in [0.25, 0.3) is 5.91 Å². The van der Waals surface area contributed by atoms with E-state index in [0.29, 0.717) is 28.4 Å². The highest BCUT2D eigenvalue weighted by Crippen LogP contribution is 2.28. The number of nitrogens with one attached hydrogen (secondary N) is 1. The van der Waals surface area contributed by atoms with Crippen LogP contribution < -0.4 is 15.1 Å². The van der Waals surface area contributed by atoms with E-state index in [1.54, 1.807) is 80.2 Å². The van der Waals surface area contributed by atoms with Crippen molar-refractivity contribution in [3.05, 3.63) is 83.5 Å². The average Bonchev–Trinajstić information content (AvgIpc) is 2.70. The number of rotatable bonds is 6. The van der Waals surface area contributed by atoms with Crippen LogP contribution in [0.5, 0.6) is 5.75 Å². The maximum absolute atomic E-state index is 12.4. The zero-order valence-corrected chi connectivity index (χ0v) is 14.0. The molecule has 0 fully saturated rings. The van der Waals surface area contributed by atoms with Crippen LogP contribution in [0.3, 0.4) is 0 Å². The molecule has 0 aliphatic rings. The van der Waals surface area contributed by atoms with Crippen LogP contribution in [0, 0.1) is 4.91 Å². The Balaban J connectivity index is 1.84. The standard InChI is InChI=1S/C19H16N4O3/c1-26-18-7-5-16(6-8-18)23(22-25)17-4-2-3-14(13-17)19(24)21-15-9-11-20-12-10-15/h2-13H,1H3,(H,20,21,24). The summed E-state index contributed by atoms with van der Waals surface area (Å²) in [6, 6.07) is 16.9. The van der Waals surface area contributed by atoms with Crippen LogP contribution >= 0.6 is 0 Å². The second-order valence-electron chi connectivity index (χ2n) is 5.33. The van der Waals surface area contributed by atoms with Crippen LogP contribution in [0.2, 0.25) is 0 Å². The molecule has 0 bridgehead atoms. The molecule has 0 unspecified atom stereocenters. The first kappa shape index (κ1) is 17.1. The number of hydrogen-bond donors (Lipinski definition) is 1. The van der Waals surface area contributed by atoms with E-state index in [4.69, 9.17) is 4.74 Å². The first-order valence-corrected chi connectivity index (χ1v) is 7.80. The molecule has 0 spiro atoms. The molecule has 7 heteroatoms. The zero-order valence-electron chi connectivity index (χ0n) is 14.0. The third-order valence-corrected chi connectivity index (χ3v) is 3.69. The van der Waals surface area contributed by atoms with Gasteiger partial charge >= 0.3 is 0 Å². The predicted octanol–water partition coefficient (Wildman–Crippen LogP) is 4.16. The zero-order chi connectivity index (χ0) is 18.4. The van der Waals surface area contributed by atoms with Crippen LogP contribution in [0.25, 0.3) is 0 Å². The SMILES string of the molecule is COc1ccc(N(N=O)c2cccc(C(=O)Nc3ccncc3)c2)cc1. The van der Waals surface area contributed by atoms with Crippen molar-refractivity contribution in [2.24, 2.45) is 5.29 Å². The largest absolute Gasteiger partial charge is 0.497 e. The second-order valence-corrected chi connectivity index (χ2v) is 5.33. The molecular weight excluding hydrogens is 332 g/mol. The number of benzene rings is 2. The van der Waals surface area contributed by atoms with E-state index in [0.717, 1.165) is 0 Å². The summed E-state index contributed by atoms with van der Waals surface area (Å²) in [5, 5.41) is 7.06. The lowest BCUT2D eigenvalue weighted by Gasteiger charge is -2.16. The number of pyridine rings is 1. The summed E-state index contributed by atoms with van der Waals surface area (Å²) in [6.07, 6.45) is 3.18. The molecule has 1 N–H and O–H groups in total. The number of nitroso groups, excluding NO2 is 1. The Morgan fingerprint density at radius 1 is 1.04 bits per heavy atom. The van der Waals surface area contributed by atoms with Crippen LogP contribution in [0.4, 0.5) is 17.1 Å². The Bertz CT molecular complexity index is 898. The Morgan fingerprint density at radius 3 is 2.42 bits per heavy atom. The fraction of sp³-hybridized carbons (Fsp3) is 0.0526. The van der Waals surface area contributed by atoms with E-state index in [9.17, 15) is 9.70 Å². The van der Waals surface area contributed by atoms with Crippen molar-refractivity contribution in [1.29, 1.82) is 0 Å². The van der Waals surface area contributed by atoms with Gasteiger partial charge in [-0.1, -0.05) is 6.07 Å². The minimum atomic E-state index is -0.293. The molecule has 0 aliphatic heterocycles. The third kappa shape index (κ3) is 3.84. The molecule has 7 nitrogen and oxygen atoms in total. The van der Waals surface area contributed by atoms with E-state index in [-0.39, 0.29) is 5.91 Å². The second kappa shape index (κ2) is 7.89. The highest BCUT2D eigenvalue weighted by atomic mass is 16.5. The van der Waals surface area contributed by atoms with Crippen LogP contribution in [-0.2, 0) is 0 Å². The molecule has 2 aromatic carbocycles. The topological polar surface area (TPSA) is 83.9 Å². The van der Waals surface area contributed by atoms with Crippen molar-refractivity contribution in [3.8, 4) is 5.75 Å². The summed E-state index contributed by atoms with van der Waals surface area (Å²) < 4.78 is 5.11. The molecule has 130 valence electrons. The molecule has 0 saturated carbocycles. The van der Waals surface area contributed by atoms with Gasteiger partial charge in [0.2, 0.25) is 0 Å². The van der Waals surface area contributed by atoms with Gasteiger partial charge in [-0.3, -0.25) is 9.78 Å². The van der Waals surface area contributed by atoms with Crippen molar-refractivity contribution in [1.82, 2.24) is 4.98 Å². The van der Waals surface area contributed by atoms with Crippen LogP contribution in [0.15, 0.2) is 78.3 Å². The van der Waals surface area contributed by atoms with Gasteiger partial charge in [0.1, 0.15) is 5.75 Å². The van der Waals surface area contributed by atoms with Crippen molar-refractivity contribution in [2.45, 2.75) is 0 Å². The summed E-state index contributed by atoms with van der Waals surface area (Å²) in [5.74, 6) is 0.378. The van der Waals surface area contributed by atoms with E-state index >= 15 is 0 Å². The van der Waals surface area contributed by atoms with Crippen molar-refractivity contribution in [2.75, 3.05) is 17.4 Å². The highest BCUT2D eigenvalue weighted by Gasteiger charge is 2.13. The Kier molecular flexibility index (Phi) is 5.19. The third-order valence-electron chi connectivity index (χ3n) is 3.69. The molecule has 0 aliphatic carbocycles.